The Balaban J connectivity index is 4.40. The summed E-state index contributed by atoms with van der Waals surface area (Å²) < 4.78 is 9.80. The molecule has 0 saturated heterocycles. The summed E-state index contributed by atoms with van der Waals surface area (Å²) in [7, 11) is 0. The maximum absolute atomic E-state index is 11.4. The van der Waals surface area contributed by atoms with Gasteiger partial charge in [0.15, 0.2) is 0 Å². The Hall–Kier alpha value is -1.70. The van der Waals surface area contributed by atoms with Crippen molar-refractivity contribution in [3.05, 3.63) is 0 Å². The summed E-state index contributed by atoms with van der Waals surface area (Å²) in [5.41, 5.74) is -0.626. The summed E-state index contributed by atoms with van der Waals surface area (Å²) in [6.07, 6.45) is 4.49. The molecule has 0 aromatic rings. The van der Waals surface area contributed by atoms with Crippen LogP contribution in [0.1, 0.15) is 34.1 Å². The molecule has 17 heavy (non-hydrogen) atoms. The number of hydrogen-bond donors (Lipinski definition) is 1. The molecule has 0 saturated carbocycles. The van der Waals surface area contributed by atoms with Gasteiger partial charge < -0.3 is 14.8 Å². The molecule has 0 rings (SSSR count). The van der Waals surface area contributed by atoms with Gasteiger partial charge in [0.05, 0.1) is 6.61 Å². The first-order chi connectivity index (χ1) is 7.80. The third-order valence-corrected chi connectivity index (χ3v) is 1.58. The quantitative estimate of drug-likeness (QED) is 0.598. The van der Waals surface area contributed by atoms with Gasteiger partial charge in [0.2, 0.25) is 0 Å². The van der Waals surface area contributed by atoms with Crippen LogP contribution in [-0.4, -0.2) is 30.3 Å². The summed E-state index contributed by atoms with van der Waals surface area (Å²) >= 11 is 0. The van der Waals surface area contributed by atoms with E-state index in [1.165, 1.54) is 0 Å². The predicted octanol–water partition coefficient (Wildman–Crippen LogP) is 1.47. The van der Waals surface area contributed by atoms with Gasteiger partial charge in [-0.25, -0.2) is 9.59 Å². The van der Waals surface area contributed by atoms with Crippen molar-refractivity contribution >= 4 is 12.1 Å². The molecule has 96 valence electrons. The van der Waals surface area contributed by atoms with Crippen LogP contribution in [0.15, 0.2) is 0 Å². The molecule has 0 bridgehead atoms. The first kappa shape index (κ1) is 15.3. The first-order valence-corrected chi connectivity index (χ1v) is 5.39. The maximum Gasteiger partial charge on any atom is 0.408 e. The van der Waals surface area contributed by atoms with E-state index < -0.39 is 23.7 Å². The first-order valence-electron chi connectivity index (χ1n) is 5.39. The molecule has 0 unspecified atom stereocenters. The van der Waals surface area contributed by atoms with Gasteiger partial charge in [0.1, 0.15) is 11.6 Å². The van der Waals surface area contributed by atoms with E-state index in [4.69, 9.17) is 15.9 Å². The molecule has 0 aliphatic heterocycles. The minimum atomic E-state index is -0.866. The molecular formula is C12H19NO4. The van der Waals surface area contributed by atoms with Crippen LogP contribution >= 0.6 is 0 Å². The van der Waals surface area contributed by atoms with Gasteiger partial charge in [0, 0.05) is 6.42 Å². The highest BCUT2D eigenvalue weighted by atomic mass is 16.6. The minimum Gasteiger partial charge on any atom is -0.464 e. The van der Waals surface area contributed by atoms with Gasteiger partial charge >= 0.3 is 12.1 Å². The second kappa shape index (κ2) is 6.79. The number of terminal acetylenes is 1. The van der Waals surface area contributed by atoms with Gasteiger partial charge in [-0.3, -0.25) is 0 Å². The SMILES string of the molecule is C#CC[C@H](NC(=O)OC(C)(C)C)C(=O)OCC. The maximum atomic E-state index is 11.4. The smallest absolute Gasteiger partial charge is 0.408 e. The van der Waals surface area contributed by atoms with Gasteiger partial charge in [-0.2, -0.15) is 0 Å². The van der Waals surface area contributed by atoms with E-state index in [-0.39, 0.29) is 13.0 Å². The Morgan fingerprint density at radius 3 is 2.41 bits per heavy atom. The van der Waals surface area contributed by atoms with Crippen molar-refractivity contribution < 1.29 is 19.1 Å². The summed E-state index contributed by atoms with van der Waals surface area (Å²) in [4.78, 5) is 22.9. The standard InChI is InChI=1S/C12H19NO4/c1-6-8-9(10(14)16-7-2)13-11(15)17-12(3,4)5/h1,9H,7-8H2,2-5H3,(H,13,15)/t9-/m0/s1. The Kier molecular flexibility index (Phi) is 6.11. The van der Waals surface area contributed by atoms with Crippen molar-refractivity contribution in [3.8, 4) is 12.3 Å². The van der Waals surface area contributed by atoms with Crippen molar-refractivity contribution in [1.82, 2.24) is 5.32 Å². The topological polar surface area (TPSA) is 64.6 Å². The largest absolute Gasteiger partial charge is 0.464 e. The molecule has 0 aromatic carbocycles. The van der Waals surface area contributed by atoms with E-state index in [9.17, 15) is 9.59 Å². The zero-order valence-electron chi connectivity index (χ0n) is 10.7. The van der Waals surface area contributed by atoms with Crippen LogP contribution in [0, 0.1) is 12.3 Å². The van der Waals surface area contributed by atoms with E-state index in [2.05, 4.69) is 11.2 Å². The molecule has 1 atom stereocenters. The summed E-state index contributed by atoms with van der Waals surface area (Å²) in [6, 6.07) is -0.866. The molecule has 0 aliphatic carbocycles. The fourth-order valence-corrected chi connectivity index (χ4v) is 1.00. The normalized spacial score (nSPS) is 12.2. The highest BCUT2D eigenvalue weighted by Crippen LogP contribution is 2.07. The minimum absolute atomic E-state index is 0.0675. The third kappa shape index (κ3) is 7.23. The molecule has 1 amide bonds. The Bertz CT molecular complexity index is 311. The van der Waals surface area contributed by atoms with Crippen LogP contribution in [-0.2, 0) is 14.3 Å². The lowest BCUT2D eigenvalue weighted by Crippen LogP contribution is -2.44. The van der Waals surface area contributed by atoms with Crippen LogP contribution in [0.2, 0.25) is 0 Å². The number of ether oxygens (including phenoxy) is 2. The number of carbonyl (C=O) groups excluding carboxylic acids is 2. The lowest BCUT2D eigenvalue weighted by Gasteiger charge is -2.22. The monoisotopic (exact) mass is 241 g/mol. The van der Waals surface area contributed by atoms with Crippen LogP contribution in [0.25, 0.3) is 0 Å². The third-order valence-electron chi connectivity index (χ3n) is 1.58. The number of hydrogen-bond acceptors (Lipinski definition) is 4. The number of nitrogens with one attached hydrogen (secondary N) is 1. The second-order valence-electron chi connectivity index (χ2n) is 4.36. The lowest BCUT2D eigenvalue weighted by molar-refractivity contribution is -0.145. The average Bonchev–Trinajstić information content (AvgIpc) is 2.14. The Morgan fingerprint density at radius 2 is 2.00 bits per heavy atom. The number of amides is 1. The molecule has 0 spiro atoms. The predicted molar refractivity (Wildman–Crippen MR) is 63.2 cm³/mol. The molecule has 5 nitrogen and oxygen atoms in total. The highest BCUT2D eigenvalue weighted by molar-refractivity contribution is 5.81. The van der Waals surface area contributed by atoms with Gasteiger partial charge in [-0.05, 0) is 27.7 Å². The van der Waals surface area contributed by atoms with Crippen molar-refractivity contribution in [2.45, 2.75) is 45.8 Å². The van der Waals surface area contributed by atoms with E-state index in [0.717, 1.165) is 0 Å². The Labute approximate surface area is 102 Å². The number of rotatable bonds is 4. The average molecular weight is 241 g/mol. The van der Waals surface area contributed by atoms with Crippen LogP contribution < -0.4 is 5.32 Å². The number of carbonyl (C=O) groups is 2. The molecule has 0 aliphatic rings. The van der Waals surface area contributed by atoms with E-state index >= 15 is 0 Å². The highest BCUT2D eigenvalue weighted by Gasteiger charge is 2.24. The van der Waals surface area contributed by atoms with Crippen molar-refractivity contribution in [2.75, 3.05) is 6.61 Å². The fourth-order valence-electron chi connectivity index (χ4n) is 1.00. The van der Waals surface area contributed by atoms with Gasteiger partial charge in [0.25, 0.3) is 0 Å². The number of alkyl carbamates (subject to hydrolysis) is 1. The van der Waals surface area contributed by atoms with Crippen LogP contribution in [0.3, 0.4) is 0 Å². The summed E-state index contributed by atoms with van der Waals surface area (Å²) in [5, 5.41) is 2.38. The van der Waals surface area contributed by atoms with Gasteiger partial charge in [-0.1, -0.05) is 0 Å². The van der Waals surface area contributed by atoms with Crippen molar-refractivity contribution in [3.63, 3.8) is 0 Å². The molecule has 5 heteroatoms. The Morgan fingerprint density at radius 1 is 1.41 bits per heavy atom. The number of esters is 1. The van der Waals surface area contributed by atoms with Crippen LogP contribution in [0.5, 0.6) is 0 Å². The summed E-state index contributed by atoms with van der Waals surface area (Å²) in [5.74, 6) is 1.75. The zero-order valence-corrected chi connectivity index (χ0v) is 10.7. The molecule has 0 heterocycles. The van der Waals surface area contributed by atoms with Crippen molar-refractivity contribution in [1.29, 1.82) is 0 Å². The molecule has 0 radical (unpaired) electrons. The molecule has 0 aromatic heterocycles. The molecule has 1 N–H and O–H groups in total. The molecular weight excluding hydrogens is 222 g/mol. The molecule has 0 fully saturated rings. The van der Waals surface area contributed by atoms with Crippen LogP contribution in [0.4, 0.5) is 4.79 Å². The summed E-state index contributed by atoms with van der Waals surface area (Å²) in [6.45, 7) is 7.10. The van der Waals surface area contributed by atoms with E-state index in [0.29, 0.717) is 0 Å². The fraction of sp³-hybridized carbons (Fsp3) is 0.667. The van der Waals surface area contributed by atoms with Gasteiger partial charge in [-0.15, -0.1) is 12.3 Å². The van der Waals surface area contributed by atoms with Crippen molar-refractivity contribution in [2.24, 2.45) is 0 Å². The lowest BCUT2D eigenvalue weighted by atomic mass is 10.2. The zero-order chi connectivity index (χ0) is 13.5. The second-order valence-corrected chi connectivity index (χ2v) is 4.36. The van der Waals surface area contributed by atoms with E-state index in [1.807, 2.05) is 0 Å². The van der Waals surface area contributed by atoms with E-state index in [1.54, 1.807) is 27.7 Å².